The lowest BCUT2D eigenvalue weighted by atomic mass is 10.1. The average molecular weight is 388 g/mol. The number of rotatable bonds is 4. The molecule has 0 spiro atoms. The van der Waals surface area contributed by atoms with E-state index in [0.717, 1.165) is 23.9 Å². The van der Waals surface area contributed by atoms with Crippen molar-refractivity contribution in [2.75, 3.05) is 26.0 Å². The van der Waals surface area contributed by atoms with Gasteiger partial charge in [-0.3, -0.25) is 14.5 Å². The monoisotopic (exact) mass is 388 g/mol. The Morgan fingerprint density at radius 2 is 1.92 bits per heavy atom. The molecule has 3 rings (SSSR count). The van der Waals surface area contributed by atoms with Crippen molar-refractivity contribution in [1.82, 2.24) is 9.21 Å². The molecule has 0 unspecified atom stereocenters. The number of thioether (sulfide) groups is 1. The summed E-state index contributed by atoms with van der Waals surface area (Å²) in [6.07, 6.45) is 0.712. The Morgan fingerprint density at radius 1 is 1.24 bits per heavy atom. The number of carbonyl (C=O) groups is 2. The Morgan fingerprint density at radius 3 is 2.48 bits per heavy atom. The van der Waals surface area contributed by atoms with Gasteiger partial charge in [0.15, 0.2) is 0 Å². The summed E-state index contributed by atoms with van der Waals surface area (Å²) in [5.74, 6) is -0.690. The van der Waals surface area contributed by atoms with E-state index in [4.69, 9.17) is 4.74 Å². The molecule has 2 aliphatic heterocycles. The smallest absolute Gasteiger partial charge is 0.289 e. The first-order chi connectivity index (χ1) is 11.8. The molecule has 0 saturated carbocycles. The highest BCUT2D eigenvalue weighted by Gasteiger charge is 2.39. The molecule has 0 aliphatic carbocycles. The molecule has 0 aromatic heterocycles. The molecular formula is C15H17FN2O5S2. The molecule has 2 heterocycles. The average Bonchev–Trinajstić information content (AvgIpc) is 2.93. The number of carbonyl (C=O) groups excluding carboxylic acids is 2. The first-order valence-electron chi connectivity index (χ1n) is 7.67. The number of halogens is 1. The summed E-state index contributed by atoms with van der Waals surface area (Å²) in [5, 5.41) is -0.280. The van der Waals surface area contributed by atoms with Crippen LogP contribution in [0.4, 0.5) is 9.18 Å². The fourth-order valence-electron chi connectivity index (χ4n) is 3.05. The largest absolute Gasteiger partial charge is 0.495 e. The minimum Gasteiger partial charge on any atom is -0.495 e. The zero-order chi connectivity index (χ0) is 18.2. The molecule has 2 saturated heterocycles. The molecule has 2 amide bonds. The highest BCUT2D eigenvalue weighted by atomic mass is 32.2. The van der Waals surface area contributed by atoms with Gasteiger partial charge in [0.05, 0.1) is 12.9 Å². The van der Waals surface area contributed by atoms with Crippen LogP contribution in [0.5, 0.6) is 5.75 Å². The van der Waals surface area contributed by atoms with Crippen molar-refractivity contribution in [1.29, 1.82) is 0 Å². The van der Waals surface area contributed by atoms with E-state index in [1.807, 2.05) is 0 Å². The topological polar surface area (TPSA) is 84.0 Å². The van der Waals surface area contributed by atoms with Gasteiger partial charge in [-0.15, -0.1) is 0 Å². The van der Waals surface area contributed by atoms with Gasteiger partial charge in [0, 0.05) is 19.1 Å². The van der Waals surface area contributed by atoms with Crippen LogP contribution in [0.2, 0.25) is 0 Å². The Hall–Kier alpha value is -1.65. The van der Waals surface area contributed by atoms with Crippen LogP contribution in [0.1, 0.15) is 12.8 Å². The Bertz CT molecular complexity index is 790. The van der Waals surface area contributed by atoms with Crippen molar-refractivity contribution < 1.29 is 27.1 Å². The molecular weight excluding hydrogens is 371 g/mol. The molecule has 0 atom stereocenters. The molecule has 2 fully saturated rings. The van der Waals surface area contributed by atoms with E-state index in [1.54, 1.807) is 0 Å². The second kappa shape index (κ2) is 6.93. The number of hydrogen-bond acceptors (Lipinski definition) is 6. The molecule has 7 nitrogen and oxygen atoms in total. The molecule has 0 N–H and O–H groups in total. The molecule has 136 valence electrons. The van der Waals surface area contributed by atoms with Crippen molar-refractivity contribution >= 4 is 32.9 Å². The summed E-state index contributed by atoms with van der Waals surface area (Å²) in [5.41, 5.74) is 0. The standard InChI is InChI=1S/C15H17FN2O5S2/c1-23-12-3-2-10(16)8-13(12)25(21,22)17-6-4-11(5-7-17)18-14(19)9-24-15(18)20/h2-3,8,11H,4-7,9H2,1H3. The minimum atomic E-state index is -3.93. The first kappa shape index (κ1) is 18.2. The maximum atomic E-state index is 13.5. The zero-order valence-corrected chi connectivity index (χ0v) is 15.1. The summed E-state index contributed by atoms with van der Waals surface area (Å²) in [6, 6.07) is 3.04. The Balaban J connectivity index is 1.77. The predicted molar refractivity (Wildman–Crippen MR) is 89.4 cm³/mol. The number of benzene rings is 1. The summed E-state index contributed by atoms with van der Waals surface area (Å²) >= 11 is 0.964. The Labute approximate surface area is 149 Å². The number of hydrogen-bond donors (Lipinski definition) is 0. The van der Waals surface area contributed by atoms with Crippen LogP contribution in [-0.4, -0.2) is 60.8 Å². The number of sulfonamides is 1. The van der Waals surface area contributed by atoms with Gasteiger partial charge in [0.25, 0.3) is 5.24 Å². The van der Waals surface area contributed by atoms with E-state index in [0.29, 0.717) is 12.8 Å². The van der Waals surface area contributed by atoms with E-state index >= 15 is 0 Å². The fraction of sp³-hybridized carbons (Fsp3) is 0.467. The lowest BCUT2D eigenvalue weighted by Crippen LogP contribution is -2.48. The highest BCUT2D eigenvalue weighted by Crippen LogP contribution is 2.31. The van der Waals surface area contributed by atoms with Crippen LogP contribution >= 0.6 is 11.8 Å². The maximum absolute atomic E-state index is 13.5. The van der Waals surface area contributed by atoms with Crippen LogP contribution in [-0.2, 0) is 14.8 Å². The van der Waals surface area contributed by atoms with E-state index in [2.05, 4.69) is 0 Å². The summed E-state index contributed by atoms with van der Waals surface area (Å²) in [7, 11) is -2.61. The summed E-state index contributed by atoms with van der Waals surface area (Å²) < 4.78 is 45.4. The van der Waals surface area contributed by atoms with Crippen molar-refractivity contribution in [3.8, 4) is 5.75 Å². The van der Waals surface area contributed by atoms with Crippen LogP contribution in [0, 0.1) is 5.82 Å². The van der Waals surface area contributed by atoms with Crippen LogP contribution < -0.4 is 4.74 Å². The molecule has 0 bridgehead atoms. The third-order valence-electron chi connectivity index (χ3n) is 4.32. The second-order valence-electron chi connectivity index (χ2n) is 5.75. The van der Waals surface area contributed by atoms with Gasteiger partial charge < -0.3 is 4.74 Å². The number of methoxy groups -OCH3 is 1. The van der Waals surface area contributed by atoms with E-state index in [9.17, 15) is 22.4 Å². The van der Waals surface area contributed by atoms with Gasteiger partial charge >= 0.3 is 0 Å². The van der Waals surface area contributed by atoms with Gasteiger partial charge in [-0.2, -0.15) is 4.31 Å². The number of ether oxygens (including phenoxy) is 1. The molecule has 1 aromatic rings. The first-order valence-corrected chi connectivity index (χ1v) is 10.1. The second-order valence-corrected chi connectivity index (χ2v) is 8.58. The predicted octanol–water partition coefficient (Wildman–Crippen LogP) is 1.68. The number of piperidine rings is 1. The van der Waals surface area contributed by atoms with Gasteiger partial charge in [0.2, 0.25) is 15.9 Å². The number of imide groups is 1. The minimum absolute atomic E-state index is 0.0739. The quantitative estimate of drug-likeness (QED) is 0.780. The van der Waals surface area contributed by atoms with E-state index < -0.39 is 15.8 Å². The third kappa shape index (κ3) is 3.38. The molecule has 1 aromatic carbocycles. The molecule has 10 heteroatoms. The van der Waals surface area contributed by atoms with Gasteiger partial charge in [-0.1, -0.05) is 11.8 Å². The number of amides is 2. The molecule has 25 heavy (non-hydrogen) atoms. The van der Waals surface area contributed by atoms with Crippen molar-refractivity contribution in [2.45, 2.75) is 23.8 Å². The summed E-state index contributed by atoms with van der Waals surface area (Å²) in [6.45, 7) is 0.294. The van der Waals surface area contributed by atoms with Crippen LogP contribution in [0.3, 0.4) is 0 Å². The zero-order valence-electron chi connectivity index (χ0n) is 13.5. The van der Waals surface area contributed by atoms with Gasteiger partial charge in [-0.05, 0) is 31.0 Å². The van der Waals surface area contributed by atoms with Gasteiger partial charge in [0.1, 0.15) is 16.5 Å². The Kier molecular flexibility index (Phi) is 5.03. The normalized spacial score (nSPS) is 20.3. The summed E-state index contributed by atoms with van der Waals surface area (Å²) in [4.78, 5) is 24.6. The molecule has 0 radical (unpaired) electrons. The van der Waals surface area contributed by atoms with Gasteiger partial charge in [-0.25, -0.2) is 12.8 Å². The fourth-order valence-corrected chi connectivity index (χ4v) is 5.46. The lowest BCUT2D eigenvalue weighted by molar-refractivity contribution is -0.126. The molecule has 2 aliphatic rings. The van der Waals surface area contributed by atoms with E-state index in [1.165, 1.54) is 22.4 Å². The third-order valence-corrected chi connectivity index (χ3v) is 7.07. The highest BCUT2D eigenvalue weighted by molar-refractivity contribution is 8.14. The maximum Gasteiger partial charge on any atom is 0.289 e. The lowest BCUT2D eigenvalue weighted by Gasteiger charge is -2.34. The van der Waals surface area contributed by atoms with E-state index in [-0.39, 0.29) is 46.7 Å². The van der Waals surface area contributed by atoms with Crippen LogP contribution in [0.25, 0.3) is 0 Å². The van der Waals surface area contributed by atoms with Crippen molar-refractivity contribution in [3.05, 3.63) is 24.0 Å². The number of nitrogens with zero attached hydrogens (tertiary/aromatic N) is 2. The van der Waals surface area contributed by atoms with Crippen molar-refractivity contribution in [3.63, 3.8) is 0 Å². The van der Waals surface area contributed by atoms with Crippen molar-refractivity contribution in [2.24, 2.45) is 0 Å². The SMILES string of the molecule is COc1ccc(F)cc1S(=O)(=O)N1CCC(N2C(=O)CSC2=O)CC1. The van der Waals surface area contributed by atoms with Crippen LogP contribution in [0.15, 0.2) is 23.1 Å².